The summed E-state index contributed by atoms with van der Waals surface area (Å²) in [5.74, 6) is 0. The number of benzene rings is 1. The van der Waals surface area contributed by atoms with Crippen molar-refractivity contribution in [3.63, 3.8) is 0 Å². The maximum atomic E-state index is 5.36. The first-order chi connectivity index (χ1) is 8.29. The molecule has 2 heteroatoms. The zero-order valence-electron chi connectivity index (χ0n) is 11.7. The van der Waals surface area contributed by atoms with Gasteiger partial charge in [-0.3, -0.25) is 0 Å². The smallest absolute Gasteiger partial charge is 0.0313 e. The Kier molecular flexibility index (Phi) is 10.8. The maximum Gasteiger partial charge on any atom is 0.0313 e. The third kappa shape index (κ3) is 9.88. The molecule has 1 fully saturated rings. The lowest BCUT2D eigenvalue weighted by Gasteiger charge is -2.10. The fourth-order valence-corrected chi connectivity index (χ4v) is 1.68. The van der Waals surface area contributed by atoms with Crippen molar-refractivity contribution in [3.8, 4) is 0 Å². The number of nitrogens with zero attached hydrogens (tertiary/aromatic N) is 1. The van der Waals surface area contributed by atoms with Crippen LogP contribution in [0.2, 0.25) is 0 Å². The molecule has 100 valence electrons. The minimum absolute atomic E-state index is 0. The van der Waals surface area contributed by atoms with Crippen molar-refractivity contribution in [2.24, 2.45) is 0 Å². The summed E-state index contributed by atoms with van der Waals surface area (Å²) in [5, 5.41) is 0. The van der Waals surface area contributed by atoms with Crippen LogP contribution in [0.25, 0.3) is 0 Å². The Balaban J connectivity index is 0. The molecule has 0 spiro atoms. The second-order valence-corrected chi connectivity index (χ2v) is 4.13. The van der Waals surface area contributed by atoms with Crippen molar-refractivity contribution < 1.29 is 1.43 Å². The van der Waals surface area contributed by atoms with Crippen LogP contribution < -0.4 is 5.73 Å². The van der Waals surface area contributed by atoms with Gasteiger partial charge in [0.25, 0.3) is 0 Å². The molecule has 0 atom stereocenters. The molecule has 0 unspecified atom stereocenters. The summed E-state index contributed by atoms with van der Waals surface area (Å²) in [4.78, 5) is 2.42. The number of anilines is 1. The summed E-state index contributed by atoms with van der Waals surface area (Å²) in [6.07, 6.45) is 5.72. The van der Waals surface area contributed by atoms with Crippen LogP contribution in [0.5, 0.6) is 0 Å². The molecule has 2 rings (SSSR count). The lowest BCUT2D eigenvalue weighted by molar-refractivity contribution is 0.349. The second-order valence-electron chi connectivity index (χ2n) is 4.13. The molecular weight excluding hydrogens is 208 g/mol. The number of para-hydroxylation sites is 1. The first-order valence-corrected chi connectivity index (χ1v) is 6.78. The van der Waals surface area contributed by atoms with Gasteiger partial charge in [-0.25, -0.2) is 0 Å². The van der Waals surface area contributed by atoms with Gasteiger partial charge in [0.1, 0.15) is 0 Å². The summed E-state index contributed by atoms with van der Waals surface area (Å²) in [6, 6.07) is 9.49. The fraction of sp³-hybridized carbons (Fsp3) is 0.600. The first-order valence-electron chi connectivity index (χ1n) is 6.78. The van der Waals surface area contributed by atoms with Gasteiger partial charge in [0, 0.05) is 7.11 Å². The van der Waals surface area contributed by atoms with Gasteiger partial charge in [0.05, 0.1) is 0 Å². The van der Waals surface area contributed by atoms with Crippen molar-refractivity contribution in [1.82, 2.24) is 4.90 Å². The Morgan fingerprint density at radius 2 is 1.41 bits per heavy atom. The highest BCUT2D eigenvalue weighted by Crippen LogP contribution is 2.06. The summed E-state index contributed by atoms with van der Waals surface area (Å²) in [7, 11) is 2.21. The third-order valence-electron chi connectivity index (χ3n) is 2.63. The topological polar surface area (TPSA) is 29.3 Å². The molecule has 2 N–H and O–H groups in total. The van der Waals surface area contributed by atoms with E-state index in [1.165, 1.54) is 38.8 Å². The largest absolute Gasteiger partial charge is 0.399 e. The first kappa shape index (κ1) is 16.0. The minimum Gasteiger partial charge on any atom is -0.399 e. The molecule has 0 bridgehead atoms. The molecule has 0 saturated carbocycles. The molecule has 1 aliphatic rings. The molecule has 1 aromatic rings. The highest BCUT2D eigenvalue weighted by Gasteiger charge is 2.01. The van der Waals surface area contributed by atoms with Gasteiger partial charge >= 0.3 is 0 Å². The third-order valence-corrected chi connectivity index (χ3v) is 2.63. The second kappa shape index (κ2) is 11.5. The Morgan fingerprint density at radius 3 is 1.76 bits per heavy atom. The average molecular weight is 238 g/mol. The number of nitrogens with two attached hydrogens (primary N) is 1. The van der Waals surface area contributed by atoms with E-state index in [1.807, 2.05) is 44.2 Å². The Bertz CT molecular complexity index is 244. The molecule has 0 aromatic heterocycles. The molecule has 1 aliphatic heterocycles. The van der Waals surface area contributed by atoms with Crippen LogP contribution in [-0.4, -0.2) is 25.0 Å². The van der Waals surface area contributed by atoms with E-state index in [4.69, 9.17) is 5.73 Å². The predicted molar refractivity (Wildman–Crippen MR) is 80.3 cm³/mol. The molecule has 0 amide bonds. The summed E-state index contributed by atoms with van der Waals surface area (Å²) >= 11 is 0. The van der Waals surface area contributed by atoms with Crippen LogP contribution >= 0.6 is 0 Å². The SMILES string of the molecule is CC.CN1CCCCCC1.Nc1ccccc1.[HH]. The molecule has 1 saturated heterocycles. The number of nitrogen functional groups attached to an aromatic ring is 1. The summed E-state index contributed by atoms with van der Waals surface area (Å²) < 4.78 is 0. The minimum atomic E-state index is 0. The molecule has 1 heterocycles. The van der Waals surface area contributed by atoms with Crippen molar-refractivity contribution in [3.05, 3.63) is 30.3 Å². The monoisotopic (exact) mass is 238 g/mol. The van der Waals surface area contributed by atoms with Gasteiger partial charge < -0.3 is 10.6 Å². The molecule has 0 radical (unpaired) electrons. The quantitative estimate of drug-likeness (QED) is 0.691. The van der Waals surface area contributed by atoms with Gasteiger partial charge in [0.15, 0.2) is 0 Å². The van der Waals surface area contributed by atoms with Gasteiger partial charge in [-0.05, 0) is 45.1 Å². The number of rotatable bonds is 0. The Hall–Kier alpha value is -1.02. The van der Waals surface area contributed by atoms with E-state index in [1.54, 1.807) is 0 Å². The van der Waals surface area contributed by atoms with Crippen molar-refractivity contribution in [2.45, 2.75) is 39.5 Å². The Labute approximate surface area is 108 Å². The van der Waals surface area contributed by atoms with Crippen LogP contribution in [0, 0.1) is 0 Å². The predicted octanol–water partition coefficient (Wildman–Crippen LogP) is 4.03. The Morgan fingerprint density at radius 1 is 0.941 bits per heavy atom. The molecule has 1 aromatic carbocycles. The van der Waals surface area contributed by atoms with Gasteiger partial charge in [-0.15, -0.1) is 0 Å². The highest BCUT2D eigenvalue weighted by molar-refractivity contribution is 5.35. The normalized spacial score (nSPS) is 15.7. The molecule has 0 aliphatic carbocycles. The van der Waals surface area contributed by atoms with Crippen LogP contribution in [-0.2, 0) is 0 Å². The number of hydrogen-bond acceptors (Lipinski definition) is 2. The summed E-state index contributed by atoms with van der Waals surface area (Å²) in [5.41, 5.74) is 6.18. The van der Waals surface area contributed by atoms with E-state index in [9.17, 15) is 0 Å². The molecule has 2 nitrogen and oxygen atoms in total. The highest BCUT2D eigenvalue weighted by atomic mass is 15.1. The zero-order chi connectivity index (χ0) is 12.9. The van der Waals surface area contributed by atoms with Gasteiger partial charge in [0.2, 0.25) is 0 Å². The summed E-state index contributed by atoms with van der Waals surface area (Å²) in [6.45, 7) is 6.64. The number of hydrogen-bond donors (Lipinski definition) is 1. The van der Waals surface area contributed by atoms with Crippen LogP contribution in [0.3, 0.4) is 0 Å². The molecule has 17 heavy (non-hydrogen) atoms. The standard InChI is InChI=1S/C7H15N.C6H7N.C2H6.H2/c1-8-6-4-2-3-5-7-8;7-6-4-2-1-3-5-6;1-2;/h2-7H2,1H3;1-5H,7H2;1-2H3;1H. The van der Waals surface area contributed by atoms with E-state index in [-0.39, 0.29) is 1.43 Å². The lowest BCUT2D eigenvalue weighted by Crippen LogP contribution is -2.18. The average Bonchev–Trinajstić information content (AvgIpc) is 2.61. The van der Waals surface area contributed by atoms with E-state index >= 15 is 0 Å². The molecular formula is C15H30N2. The maximum absolute atomic E-state index is 5.36. The lowest BCUT2D eigenvalue weighted by atomic mass is 10.2. The van der Waals surface area contributed by atoms with Crippen molar-refractivity contribution >= 4 is 5.69 Å². The van der Waals surface area contributed by atoms with E-state index < -0.39 is 0 Å². The zero-order valence-corrected chi connectivity index (χ0v) is 11.7. The van der Waals surface area contributed by atoms with Gasteiger partial charge in [-0.1, -0.05) is 44.9 Å². The fourth-order valence-electron chi connectivity index (χ4n) is 1.68. The van der Waals surface area contributed by atoms with Crippen LogP contribution in [0.15, 0.2) is 30.3 Å². The van der Waals surface area contributed by atoms with Crippen molar-refractivity contribution in [2.75, 3.05) is 25.9 Å². The van der Waals surface area contributed by atoms with E-state index in [2.05, 4.69) is 11.9 Å². The van der Waals surface area contributed by atoms with E-state index in [0.717, 1.165) is 5.69 Å². The van der Waals surface area contributed by atoms with Gasteiger partial charge in [-0.2, -0.15) is 0 Å². The van der Waals surface area contributed by atoms with Crippen molar-refractivity contribution in [1.29, 1.82) is 0 Å². The van der Waals surface area contributed by atoms with E-state index in [0.29, 0.717) is 0 Å². The van der Waals surface area contributed by atoms with Crippen LogP contribution in [0.1, 0.15) is 41.0 Å². The number of likely N-dealkylation sites (tertiary alicyclic amines) is 1. The van der Waals surface area contributed by atoms with Crippen LogP contribution in [0.4, 0.5) is 5.69 Å².